The van der Waals surface area contributed by atoms with Crippen molar-refractivity contribution in [2.24, 2.45) is 11.6 Å². The summed E-state index contributed by atoms with van der Waals surface area (Å²) in [5.74, 6) is 4.86. The Hall–Kier alpha value is -3.63. The maximum absolute atomic E-state index is 15.1. The predicted molar refractivity (Wildman–Crippen MR) is 127 cm³/mol. The molecule has 1 atom stereocenters. The minimum atomic E-state index is -0.557. The van der Waals surface area contributed by atoms with Crippen LogP contribution in [0.1, 0.15) is 18.1 Å². The van der Waals surface area contributed by atoms with E-state index in [0.717, 1.165) is 30.8 Å². The van der Waals surface area contributed by atoms with Gasteiger partial charge in [-0.2, -0.15) is 0 Å². The van der Waals surface area contributed by atoms with Crippen LogP contribution in [0.5, 0.6) is 0 Å². The first-order valence-electron chi connectivity index (χ1n) is 11.1. The number of nitrogens with zero attached hydrogens (tertiary/aromatic N) is 2. The van der Waals surface area contributed by atoms with Crippen molar-refractivity contribution >= 4 is 17.7 Å². The molecule has 0 aliphatic carbocycles. The van der Waals surface area contributed by atoms with Crippen LogP contribution in [0.3, 0.4) is 0 Å². The number of anilines is 1. The average Bonchev–Trinajstić information content (AvgIpc) is 3.21. The van der Waals surface area contributed by atoms with Gasteiger partial charge in [0.25, 0.3) is 0 Å². The second-order valence-corrected chi connectivity index (χ2v) is 8.50. The molecule has 0 aromatic heterocycles. The molecule has 2 aliphatic rings. The van der Waals surface area contributed by atoms with Gasteiger partial charge in [0.15, 0.2) is 0 Å². The number of fused-ring (bicyclic) bond motifs is 1. The number of carbonyl (C=O) groups is 2. The Labute approximate surface area is 197 Å². The van der Waals surface area contributed by atoms with Gasteiger partial charge in [0.05, 0.1) is 24.5 Å². The number of amides is 2. The molecule has 0 radical (unpaired) electrons. The van der Waals surface area contributed by atoms with Gasteiger partial charge >= 0.3 is 6.09 Å². The summed E-state index contributed by atoms with van der Waals surface area (Å²) >= 11 is 0. The van der Waals surface area contributed by atoms with E-state index in [1.165, 1.54) is 35.2 Å². The second-order valence-electron chi connectivity index (χ2n) is 8.50. The highest BCUT2D eigenvalue weighted by atomic mass is 19.1. The van der Waals surface area contributed by atoms with Gasteiger partial charge in [-0.15, -0.1) is 0 Å². The Bertz CT molecular complexity index is 1120. The van der Waals surface area contributed by atoms with E-state index in [1.807, 2.05) is 18.2 Å². The molecule has 180 valence electrons. The van der Waals surface area contributed by atoms with Crippen molar-refractivity contribution in [1.29, 1.82) is 0 Å². The summed E-state index contributed by atoms with van der Waals surface area (Å²) in [6, 6.07) is 10.7. The molecule has 34 heavy (non-hydrogen) atoms. The lowest BCUT2D eigenvalue weighted by atomic mass is 9.94. The van der Waals surface area contributed by atoms with Gasteiger partial charge in [-0.05, 0) is 41.3 Å². The first-order chi connectivity index (χ1) is 16.4. The third kappa shape index (κ3) is 5.13. The summed E-state index contributed by atoms with van der Waals surface area (Å²) in [5.41, 5.74) is 13.0. The zero-order valence-corrected chi connectivity index (χ0v) is 19.0. The molecule has 2 aromatic rings. The van der Waals surface area contributed by atoms with Gasteiger partial charge in [-0.1, -0.05) is 18.2 Å². The fraction of sp³-hybridized carbons (Fsp3) is 0.333. The topological polar surface area (TPSA) is 126 Å². The summed E-state index contributed by atoms with van der Waals surface area (Å²) in [6.07, 6.45) is 1.27. The zero-order valence-electron chi connectivity index (χ0n) is 19.0. The first-order valence-corrected chi connectivity index (χ1v) is 11.1. The summed E-state index contributed by atoms with van der Waals surface area (Å²) in [5, 5.41) is 2.63. The van der Waals surface area contributed by atoms with E-state index in [1.54, 1.807) is 12.1 Å². The molecule has 9 nitrogen and oxygen atoms in total. The van der Waals surface area contributed by atoms with Gasteiger partial charge in [0.2, 0.25) is 5.91 Å². The molecular weight excluding hydrogens is 439 g/mol. The highest BCUT2D eigenvalue weighted by Gasteiger charge is 2.32. The van der Waals surface area contributed by atoms with Gasteiger partial charge in [0, 0.05) is 38.3 Å². The van der Waals surface area contributed by atoms with Crippen molar-refractivity contribution < 1.29 is 18.7 Å². The highest BCUT2D eigenvalue weighted by Crippen LogP contribution is 2.31. The van der Waals surface area contributed by atoms with Gasteiger partial charge in [-0.25, -0.2) is 9.18 Å². The number of nitrogens with one attached hydrogen (secondary N) is 2. The number of ether oxygens (including phenoxy) is 1. The van der Waals surface area contributed by atoms with Crippen LogP contribution < -0.4 is 27.2 Å². The number of nitrogens with two attached hydrogens (primary N) is 2. The third-order valence-corrected chi connectivity index (χ3v) is 6.11. The lowest BCUT2D eigenvalue weighted by Gasteiger charge is -2.29. The number of hydrogen-bond donors (Lipinski definition) is 4. The predicted octanol–water partition coefficient (Wildman–Crippen LogP) is 1.58. The van der Waals surface area contributed by atoms with Crippen LogP contribution in [-0.4, -0.2) is 49.2 Å². The van der Waals surface area contributed by atoms with Crippen molar-refractivity contribution in [3.05, 3.63) is 65.2 Å². The molecule has 0 spiro atoms. The fourth-order valence-corrected chi connectivity index (χ4v) is 4.30. The van der Waals surface area contributed by atoms with Crippen LogP contribution in [0.4, 0.5) is 14.9 Å². The van der Waals surface area contributed by atoms with Crippen molar-refractivity contribution in [3.8, 4) is 11.1 Å². The first kappa shape index (κ1) is 23.5. The molecule has 4 rings (SSSR count). The zero-order chi connectivity index (χ0) is 24.2. The van der Waals surface area contributed by atoms with E-state index < -0.39 is 18.0 Å². The molecular formula is C24H29FN6O3. The van der Waals surface area contributed by atoms with E-state index in [0.29, 0.717) is 17.8 Å². The van der Waals surface area contributed by atoms with Crippen LogP contribution in [-0.2, 0) is 22.5 Å². The standard InChI is InChI=1S/C24H29FN6O3/c1-15(32)28-11-21-14-31(24(33)34-21)20-4-5-22(23(25)9-20)17-2-3-18-12-30(7-6-16(18)8-17)13-19(10-26)29-27/h2-5,8-10,21,29H,6-7,11-14,26-27H2,1H3,(H,28,32)/b19-10-. The number of hydrazine groups is 1. The summed E-state index contributed by atoms with van der Waals surface area (Å²) < 4.78 is 20.4. The second kappa shape index (κ2) is 10.1. The smallest absolute Gasteiger partial charge is 0.414 e. The molecule has 1 fully saturated rings. The Kier molecular flexibility index (Phi) is 6.99. The van der Waals surface area contributed by atoms with E-state index in [9.17, 15) is 9.59 Å². The van der Waals surface area contributed by atoms with Gasteiger partial charge in [0.1, 0.15) is 11.9 Å². The quantitative estimate of drug-likeness (QED) is 0.359. The van der Waals surface area contributed by atoms with Crippen LogP contribution in [0.15, 0.2) is 48.3 Å². The monoisotopic (exact) mass is 468 g/mol. The van der Waals surface area contributed by atoms with Crippen LogP contribution in [0, 0.1) is 5.82 Å². The molecule has 1 unspecified atom stereocenters. The number of carbonyl (C=O) groups excluding carboxylic acids is 2. The fourth-order valence-electron chi connectivity index (χ4n) is 4.30. The maximum Gasteiger partial charge on any atom is 0.414 e. The summed E-state index contributed by atoms with van der Waals surface area (Å²) in [7, 11) is 0. The maximum atomic E-state index is 15.1. The number of benzene rings is 2. The Morgan fingerprint density at radius 3 is 2.79 bits per heavy atom. The molecule has 10 heteroatoms. The van der Waals surface area contributed by atoms with Crippen LogP contribution in [0.2, 0.25) is 0 Å². The van der Waals surface area contributed by atoms with Crippen molar-refractivity contribution in [2.75, 3.05) is 31.1 Å². The number of cyclic esters (lactones) is 1. The number of halogens is 1. The van der Waals surface area contributed by atoms with E-state index >= 15 is 4.39 Å². The van der Waals surface area contributed by atoms with Crippen molar-refractivity contribution in [1.82, 2.24) is 15.6 Å². The van der Waals surface area contributed by atoms with Gasteiger partial charge < -0.3 is 21.2 Å². The largest absolute Gasteiger partial charge is 0.442 e. The summed E-state index contributed by atoms with van der Waals surface area (Å²) in [4.78, 5) is 26.9. The molecule has 2 heterocycles. The van der Waals surface area contributed by atoms with E-state index in [-0.39, 0.29) is 19.0 Å². The van der Waals surface area contributed by atoms with E-state index in [2.05, 4.69) is 15.6 Å². The summed E-state index contributed by atoms with van der Waals surface area (Å²) in [6.45, 7) is 4.09. The van der Waals surface area contributed by atoms with Crippen LogP contribution in [0.25, 0.3) is 11.1 Å². The SMILES string of the molecule is CC(=O)NCC1CN(c2ccc(-c3ccc4c(c3)CCN(C/C(=C/N)NN)C4)c(F)c2)C(=O)O1. The molecule has 0 saturated carbocycles. The molecule has 6 N–H and O–H groups in total. The van der Waals surface area contributed by atoms with Crippen molar-refractivity contribution in [2.45, 2.75) is 26.0 Å². The Morgan fingerprint density at radius 2 is 2.09 bits per heavy atom. The molecule has 2 aromatic carbocycles. The van der Waals surface area contributed by atoms with Crippen LogP contribution >= 0.6 is 0 Å². The molecule has 1 saturated heterocycles. The minimum absolute atomic E-state index is 0.202. The lowest BCUT2D eigenvalue weighted by molar-refractivity contribution is -0.119. The molecule has 2 amide bonds. The Balaban J connectivity index is 1.47. The highest BCUT2D eigenvalue weighted by molar-refractivity contribution is 5.90. The normalized spacial score (nSPS) is 18.4. The average molecular weight is 469 g/mol. The van der Waals surface area contributed by atoms with E-state index in [4.69, 9.17) is 16.3 Å². The lowest BCUT2D eigenvalue weighted by Crippen LogP contribution is -2.37. The molecule has 2 aliphatic heterocycles. The third-order valence-electron chi connectivity index (χ3n) is 6.11. The molecule has 0 bridgehead atoms. The van der Waals surface area contributed by atoms with Gasteiger partial charge in [-0.3, -0.25) is 20.4 Å². The number of hydrogen-bond acceptors (Lipinski definition) is 7. The Morgan fingerprint density at radius 1 is 1.26 bits per heavy atom. The van der Waals surface area contributed by atoms with Crippen molar-refractivity contribution in [3.63, 3.8) is 0 Å². The minimum Gasteiger partial charge on any atom is -0.442 e. The number of rotatable bonds is 7.